The first-order valence-corrected chi connectivity index (χ1v) is 8.95. The molecule has 2 aromatic carbocycles. The Morgan fingerprint density at radius 1 is 1.18 bits per heavy atom. The molecule has 0 saturated carbocycles. The zero-order valence-electron chi connectivity index (χ0n) is 14.9. The van der Waals surface area contributed by atoms with Gasteiger partial charge in [-0.05, 0) is 42.3 Å². The second-order valence-corrected chi connectivity index (χ2v) is 6.93. The lowest BCUT2D eigenvalue weighted by molar-refractivity contribution is -0.123. The Bertz CT molecular complexity index is 1190. The highest BCUT2D eigenvalue weighted by molar-refractivity contribution is 6.32. The maximum atomic E-state index is 12.7. The minimum Gasteiger partial charge on any atom is -0.360 e. The van der Waals surface area contributed by atoms with E-state index < -0.39 is 11.9 Å². The third kappa shape index (κ3) is 3.02. The largest absolute Gasteiger partial charge is 0.360 e. The van der Waals surface area contributed by atoms with Gasteiger partial charge in [0.1, 0.15) is 5.70 Å². The summed E-state index contributed by atoms with van der Waals surface area (Å²) in [4.78, 5) is 29.3. The number of fused-ring (bicyclic) bond motifs is 1. The Kier molecular flexibility index (Phi) is 4.38. The molecule has 7 heteroatoms. The quantitative estimate of drug-likeness (QED) is 0.521. The van der Waals surface area contributed by atoms with Gasteiger partial charge in [-0.3, -0.25) is 9.69 Å². The minimum atomic E-state index is -0.473. The van der Waals surface area contributed by atoms with Crippen molar-refractivity contribution >= 4 is 40.5 Å². The maximum Gasteiger partial charge on any atom is 0.329 e. The summed E-state index contributed by atoms with van der Waals surface area (Å²) in [5, 5.41) is 13.1. The summed E-state index contributed by atoms with van der Waals surface area (Å²) in [6.07, 6.45) is 3.44. The van der Waals surface area contributed by atoms with E-state index in [1.807, 2.05) is 19.1 Å². The van der Waals surface area contributed by atoms with Crippen molar-refractivity contribution < 1.29 is 9.59 Å². The Morgan fingerprint density at radius 3 is 2.64 bits per heavy atom. The average molecular weight is 391 g/mol. The van der Waals surface area contributed by atoms with Crippen LogP contribution >= 0.6 is 11.6 Å². The van der Waals surface area contributed by atoms with Gasteiger partial charge in [-0.25, -0.2) is 4.79 Å². The molecular weight excluding hydrogens is 376 g/mol. The van der Waals surface area contributed by atoms with Gasteiger partial charge in [0.2, 0.25) is 0 Å². The summed E-state index contributed by atoms with van der Waals surface area (Å²) >= 11 is 6.15. The number of H-pyrrole nitrogens is 1. The van der Waals surface area contributed by atoms with Gasteiger partial charge in [-0.2, -0.15) is 5.26 Å². The molecule has 2 N–H and O–H groups in total. The SMILES string of the molecule is Cc1c(Cl)ccc2c(C=C3NC(=O)N(Cc4ccc(C#N)cc4)C3=O)c[nH]c12. The van der Waals surface area contributed by atoms with Crippen LogP contribution in [0.5, 0.6) is 0 Å². The number of nitriles is 1. The lowest BCUT2D eigenvalue weighted by atomic mass is 10.1. The van der Waals surface area contributed by atoms with E-state index in [4.69, 9.17) is 16.9 Å². The number of carbonyl (C=O) groups excluding carboxylic acids is 2. The number of hydrogen-bond acceptors (Lipinski definition) is 3. The predicted molar refractivity (Wildman–Crippen MR) is 106 cm³/mol. The number of halogens is 1. The minimum absolute atomic E-state index is 0.135. The Morgan fingerprint density at radius 2 is 1.93 bits per heavy atom. The van der Waals surface area contributed by atoms with Crippen LogP contribution in [0.1, 0.15) is 22.3 Å². The number of aromatic amines is 1. The van der Waals surface area contributed by atoms with Crippen molar-refractivity contribution in [1.29, 1.82) is 5.26 Å². The van der Waals surface area contributed by atoms with Gasteiger partial charge in [0.05, 0.1) is 23.7 Å². The summed E-state index contributed by atoms with van der Waals surface area (Å²) in [5.74, 6) is -0.394. The molecular formula is C21H15ClN4O2. The van der Waals surface area contributed by atoms with Crippen LogP contribution in [-0.4, -0.2) is 21.8 Å². The number of carbonyl (C=O) groups is 2. The molecule has 0 unspecified atom stereocenters. The van der Waals surface area contributed by atoms with E-state index in [0.717, 1.165) is 32.5 Å². The summed E-state index contributed by atoms with van der Waals surface area (Å²) in [6, 6.07) is 12.0. The van der Waals surface area contributed by atoms with E-state index in [2.05, 4.69) is 10.3 Å². The Balaban J connectivity index is 1.62. The topological polar surface area (TPSA) is 89.0 Å². The van der Waals surface area contributed by atoms with Crippen molar-refractivity contribution in [3.8, 4) is 6.07 Å². The smallest absolute Gasteiger partial charge is 0.329 e. The van der Waals surface area contributed by atoms with Crippen molar-refractivity contribution in [2.45, 2.75) is 13.5 Å². The van der Waals surface area contributed by atoms with Gasteiger partial charge in [-0.1, -0.05) is 29.8 Å². The molecule has 1 saturated heterocycles. The molecule has 0 bridgehead atoms. The van der Waals surface area contributed by atoms with E-state index in [1.54, 1.807) is 42.6 Å². The summed E-state index contributed by atoms with van der Waals surface area (Å²) in [6.45, 7) is 2.05. The van der Waals surface area contributed by atoms with Crippen molar-refractivity contribution in [3.05, 3.63) is 75.6 Å². The monoisotopic (exact) mass is 390 g/mol. The van der Waals surface area contributed by atoms with Crippen LogP contribution in [0.3, 0.4) is 0 Å². The van der Waals surface area contributed by atoms with Gasteiger partial charge in [0.25, 0.3) is 5.91 Å². The molecule has 0 atom stereocenters. The van der Waals surface area contributed by atoms with Crippen molar-refractivity contribution in [3.63, 3.8) is 0 Å². The predicted octanol–water partition coefficient (Wildman–Crippen LogP) is 4.09. The number of hydrogen-bond donors (Lipinski definition) is 2. The molecule has 0 spiro atoms. The second kappa shape index (κ2) is 6.87. The van der Waals surface area contributed by atoms with Crippen molar-refractivity contribution in [2.24, 2.45) is 0 Å². The molecule has 0 aliphatic carbocycles. The molecule has 1 aliphatic heterocycles. The Labute approximate surface area is 166 Å². The number of nitrogens with zero attached hydrogens (tertiary/aromatic N) is 2. The van der Waals surface area contributed by atoms with Crippen molar-refractivity contribution in [2.75, 3.05) is 0 Å². The van der Waals surface area contributed by atoms with E-state index in [9.17, 15) is 9.59 Å². The van der Waals surface area contributed by atoms with Gasteiger partial charge >= 0.3 is 6.03 Å². The standard InChI is InChI=1S/C21H15ClN4O2/c1-12-17(22)7-6-16-15(10-24-19(12)16)8-18-20(27)26(21(28)25-18)11-14-4-2-13(9-23)3-5-14/h2-8,10,24H,11H2,1H3,(H,25,28). The number of rotatable bonds is 3. The van der Waals surface area contributed by atoms with Crippen LogP contribution in [0.2, 0.25) is 5.02 Å². The fourth-order valence-electron chi connectivity index (χ4n) is 3.20. The number of aromatic nitrogens is 1. The fourth-order valence-corrected chi connectivity index (χ4v) is 3.36. The molecule has 1 aromatic heterocycles. The van der Waals surface area contributed by atoms with E-state index in [1.165, 1.54) is 0 Å². The van der Waals surface area contributed by atoms with Gasteiger partial charge < -0.3 is 10.3 Å². The van der Waals surface area contributed by atoms with Crippen LogP contribution in [0.15, 0.2) is 48.3 Å². The molecule has 3 amide bonds. The first kappa shape index (κ1) is 17.8. The average Bonchev–Trinajstić information content (AvgIpc) is 3.22. The molecule has 1 aliphatic rings. The molecule has 28 heavy (non-hydrogen) atoms. The summed E-state index contributed by atoms with van der Waals surface area (Å²) in [7, 11) is 0. The van der Waals surface area contributed by atoms with E-state index in [-0.39, 0.29) is 12.2 Å². The maximum absolute atomic E-state index is 12.7. The number of urea groups is 1. The number of nitrogens with one attached hydrogen (secondary N) is 2. The second-order valence-electron chi connectivity index (χ2n) is 6.53. The molecule has 3 aromatic rings. The third-order valence-corrected chi connectivity index (χ3v) is 5.18. The summed E-state index contributed by atoms with van der Waals surface area (Å²) < 4.78 is 0. The highest BCUT2D eigenvalue weighted by Crippen LogP contribution is 2.28. The van der Waals surface area contributed by atoms with Gasteiger partial charge in [0, 0.05) is 22.2 Å². The highest BCUT2D eigenvalue weighted by atomic mass is 35.5. The zero-order valence-corrected chi connectivity index (χ0v) is 15.7. The molecule has 138 valence electrons. The number of aryl methyl sites for hydroxylation is 1. The molecule has 4 rings (SSSR count). The molecule has 0 radical (unpaired) electrons. The molecule has 6 nitrogen and oxygen atoms in total. The van der Waals surface area contributed by atoms with E-state index >= 15 is 0 Å². The third-order valence-electron chi connectivity index (χ3n) is 4.77. The van der Waals surface area contributed by atoms with Crippen LogP contribution in [-0.2, 0) is 11.3 Å². The van der Waals surface area contributed by atoms with Crippen LogP contribution < -0.4 is 5.32 Å². The number of amides is 3. The first-order valence-electron chi connectivity index (χ1n) is 8.57. The first-order chi connectivity index (χ1) is 13.5. The fraction of sp³-hybridized carbons (Fsp3) is 0.0952. The van der Waals surface area contributed by atoms with Crippen LogP contribution in [0.4, 0.5) is 4.79 Å². The Hall–Kier alpha value is -3.56. The van der Waals surface area contributed by atoms with Crippen LogP contribution in [0, 0.1) is 18.3 Å². The zero-order chi connectivity index (χ0) is 19.8. The summed E-state index contributed by atoms with van der Waals surface area (Å²) in [5.41, 5.74) is 4.11. The van der Waals surface area contributed by atoms with E-state index in [0.29, 0.717) is 10.6 Å². The lowest BCUT2D eigenvalue weighted by Gasteiger charge is -2.11. The highest BCUT2D eigenvalue weighted by Gasteiger charge is 2.33. The lowest BCUT2D eigenvalue weighted by Crippen LogP contribution is -2.30. The molecule has 1 fully saturated rings. The number of benzene rings is 2. The van der Waals surface area contributed by atoms with Crippen LogP contribution in [0.25, 0.3) is 17.0 Å². The van der Waals surface area contributed by atoms with Gasteiger partial charge in [-0.15, -0.1) is 0 Å². The van der Waals surface area contributed by atoms with Crippen molar-refractivity contribution in [1.82, 2.24) is 15.2 Å². The van der Waals surface area contributed by atoms with Gasteiger partial charge in [0.15, 0.2) is 0 Å². The number of imide groups is 1. The molecule has 2 heterocycles. The normalized spacial score (nSPS) is 15.3.